The predicted octanol–water partition coefficient (Wildman–Crippen LogP) is 2.00. The number of ether oxygens (including phenoxy) is 1. The molecule has 3 rings (SSSR count). The summed E-state index contributed by atoms with van der Waals surface area (Å²) in [5, 5.41) is 9.29. The number of nitrogens with zero attached hydrogens (tertiary/aromatic N) is 5. The van der Waals surface area contributed by atoms with Gasteiger partial charge >= 0.3 is 6.01 Å². The second-order valence-electron chi connectivity index (χ2n) is 4.02. The van der Waals surface area contributed by atoms with Gasteiger partial charge in [0.1, 0.15) is 12.1 Å². The lowest BCUT2D eigenvalue weighted by Crippen LogP contribution is -2.03. The number of aliphatic hydroxyl groups excluding tert-OH is 1. The fourth-order valence-corrected chi connectivity index (χ4v) is 1.84. The minimum absolute atomic E-state index is 0.00480. The van der Waals surface area contributed by atoms with Crippen LogP contribution in [0.3, 0.4) is 0 Å². The summed E-state index contributed by atoms with van der Waals surface area (Å²) < 4.78 is 7.16. The SMILES string of the molecule is OCc1ccccc1Oc1nc(Cl)nc(-n2ccnc2)n1. The number of aliphatic hydroxyl groups is 1. The lowest BCUT2D eigenvalue weighted by Gasteiger charge is -2.08. The van der Waals surface area contributed by atoms with E-state index in [-0.39, 0.29) is 17.9 Å². The third-order valence-corrected chi connectivity index (χ3v) is 2.82. The third kappa shape index (κ3) is 2.99. The van der Waals surface area contributed by atoms with Gasteiger partial charge in [0.2, 0.25) is 11.2 Å². The Balaban J connectivity index is 1.96. The van der Waals surface area contributed by atoms with Gasteiger partial charge in [0.05, 0.1) is 6.61 Å². The molecule has 0 aliphatic carbocycles. The summed E-state index contributed by atoms with van der Waals surface area (Å²) in [6.07, 6.45) is 4.81. The highest BCUT2D eigenvalue weighted by Crippen LogP contribution is 2.23. The lowest BCUT2D eigenvalue weighted by atomic mass is 10.2. The molecule has 21 heavy (non-hydrogen) atoms. The number of aromatic nitrogens is 5. The summed E-state index contributed by atoms with van der Waals surface area (Å²) >= 11 is 5.88. The Hall–Kier alpha value is -2.51. The molecule has 0 saturated carbocycles. The molecule has 0 radical (unpaired) electrons. The van der Waals surface area contributed by atoms with Crippen molar-refractivity contribution in [2.75, 3.05) is 0 Å². The maximum atomic E-state index is 9.28. The van der Waals surface area contributed by atoms with Crippen LogP contribution in [0.5, 0.6) is 11.8 Å². The van der Waals surface area contributed by atoms with E-state index >= 15 is 0 Å². The number of hydrogen-bond acceptors (Lipinski definition) is 6. The Labute approximate surface area is 124 Å². The summed E-state index contributed by atoms with van der Waals surface area (Å²) in [7, 11) is 0. The van der Waals surface area contributed by atoms with E-state index in [9.17, 15) is 5.11 Å². The number of imidazole rings is 1. The summed E-state index contributed by atoms with van der Waals surface area (Å²) in [6.45, 7) is -0.149. The van der Waals surface area contributed by atoms with Crippen molar-refractivity contribution < 1.29 is 9.84 Å². The standard InChI is InChI=1S/C13H10ClN5O2/c14-11-16-12(19-6-5-15-8-19)18-13(17-11)21-10-4-2-1-3-9(10)7-20/h1-6,8,20H,7H2. The molecule has 0 aliphatic rings. The van der Waals surface area contributed by atoms with Crippen LogP contribution in [0.15, 0.2) is 43.0 Å². The maximum Gasteiger partial charge on any atom is 0.328 e. The Kier molecular flexibility index (Phi) is 3.76. The van der Waals surface area contributed by atoms with E-state index in [1.807, 2.05) is 0 Å². The molecule has 0 aliphatic heterocycles. The topological polar surface area (TPSA) is 86.0 Å². The van der Waals surface area contributed by atoms with E-state index in [1.165, 1.54) is 6.33 Å². The molecule has 3 aromatic rings. The number of hydrogen-bond donors (Lipinski definition) is 1. The van der Waals surface area contributed by atoms with Gasteiger partial charge in [-0.05, 0) is 17.7 Å². The molecule has 0 unspecified atom stereocenters. The van der Waals surface area contributed by atoms with Crippen LogP contribution >= 0.6 is 11.6 Å². The molecule has 1 N–H and O–H groups in total. The number of para-hydroxylation sites is 1. The molecule has 8 heteroatoms. The molecule has 2 heterocycles. The van der Waals surface area contributed by atoms with Crippen LogP contribution in [0.1, 0.15) is 5.56 Å². The normalized spacial score (nSPS) is 10.6. The Morgan fingerprint density at radius 3 is 2.81 bits per heavy atom. The summed E-state index contributed by atoms with van der Waals surface area (Å²) in [6, 6.07) is 7.08. The summed E-state index contributed by atoms with van der Waals surface area (Å²) in [5.41, 5.74) is 0.623. The second-order valence-corrected chi connectivity index (χ2v) is 4.36. The molecule has 0 saturated heterocycles. The minimum atomic E-state index is -0.149. The van der Waals surface area contributed by atoms with E-state index in [4.69, 9.17) is 16.3 Å². The highest BCUT2D eigenvalue weighted by molar-refractivity contribution is 6.28. The van der Waals surface area contributed by atoms with E-state index < -0.39 is 0 Å². The zero-order valence-corrected chi connectivity index (χ0v) is 11.5. The van der Waals surface area contributed by atoms with E-state index in [2.05, 4.69) is 19.9 Å². The number of benzene rings is 1. The molecule has 0 atom stereocenters. The van der Waals surface area contributed by atoms with Gasteiger partial charge in [0, 0.05) is 18.0 Å². The first kappa shape index (κ1) is 13.5. The third-order valence-electron chi connectivity index (χ3n) is 2.66. The zero-order chi connectivity index (χ0) is 14.7. The Morgan fingerprint density at radius 2 is 2.05 bits per heavy atom. The second kappa shape index (κ2) is 5.86. The van der Waals surface area contributed by atoms with Gasteiger partial charge in [-0.3, -0.25) is 4.57 Å². The van der Waals surface area contributed by atoms with Crippen molar-refractivity contribution in [2.45, 2.75) is 6.61 Å². The first-order valence-corrected chi connectivity index (χ1v) is 6.40. The number of rotatable bonds is 4. The van der Waals surface area contributed by atoms with Crippen LogP contribution in [0.4, 0.5) is 0 Å². The molecule has 0 amide bonds. The van der Waals surface area contributed by atoms with Crippen molar-refractivity contribution in [1.29, 1.82) is 0 Å². The average molecular weight is 304 g/mol. The van der Waals surface area contributed by atoms with Gasteiger partial charge in [0.15, 0.2) is 0 Å². The van der Waals surface area contributed by atoms with Crippen molar-refractivity contribution in [2.24, 2.45) is 0 Å². The summed E-state index contributed by atoms with van der Waals surface area (Å²) in [5.74, 6) is 0.753. The molecule has 2 aromatic heterocycles. The van der Waals surface area contributed by atoms with Gasteiger partial charge in [-0.2, -0.15) is 15.0 Å². The van der Waals surface area contributed by atoms with Crippen molar-refractivity contribution in [3.63, 3.8) is 0 Å². The van der Waals surface area contributed by atoms with Crippen molar-refractivity contribution >= 4 is 11.6 Å². The molecule has 0 bridgehead atoms. The minimum Gasteiger partial charge on any atom is -0.424 e. The fourth-order valence-electron chi connectivity index (χ4n) is 1.69. The van der Waals surface area contributed by atoms with Crippen molar-refractivity contribution in [1.82, 2.24) is 24.5 Å². The van der Waals surface area contributed by atoms with Crippen LogP contribution < -0.4 is 4.74 Å². The van der Waals surface area contributed by atoms with Crippen LogP contribution in [-0.2, 0) is 6.61 Å². The molecular weight excluding hydrogens is 294 g/mol. The first-order chi connectivity index (χ1) is 10.3. The van der Waals surface area contributed by atoms with E-state index in [0.29, 0.717) is 17.3 Å². The van der Waals surface area contributed by atoms with E-state index in [0.717, 1.165) is 0 Å². The average Bonchev–Trinajstić information content (AvgIpc) is 3.01. The highest BCUT2D eigenvalue weighted by atomic mass is 35.5. The molecule has 7 nitrogen and oxygen atoms in total. The molecule has 0 fully saturated rings. The van der Waals surface area contributed by atoms with Gasteiger partial charge in [-0.25, -0.2) is 4.98 Å². The first-order valence-electron chi connectivity index (χ1n) is 6.03. The quantitative estimate of drug-likeness (QED) is 0.793. The molecule has 1 aromatic carbocycles. The highest BCUT2D eigenvalue weighted by Gasteiger charge is 2.10. The molecule has 0 spiro atoms. The van der Waals surface area contributed by atoms with Gasteiger partial charge < -0.3 is 9.84 Å². The Bertz CT molecular complexity index is 748. The predicted molar refractivity (Wildman–Crippen MR) is 74.4 cm³/mol. The monoisotopic (exact) mass is 303 g/mol. The number of halogens is 1. The lowest BCUT2D eigenvalue weighted by molar-refractivity contribution is 0.275. The fraction of sp³-hybridized carbons (Fsp3) is 0.0769. The van der Waals surface area contributed by atoms with E-state index in [1.54, 1.807) is 41.2 Å². The van der Waals surface area contributed by atoms with Crippen molar-refractivity contribution in [3.8, 4) is 17.7 Å². The van der Waals surface area contributed by atoms with Crippen LogP contribution in [0.2, 0.25) is 5.28 Å². The van der Waals surface area contributed by atoms with Crippen LogP contribution in [0, 0.1) is 0 Å². The largest absolute Gasteiger partial charge is 0.424 e. The van der Waals surface area contributed by atoms with Crippen LogP contribution in [0.25, 0.3) is 5.95 Å². The van der Waals surface area contributed by atoms with Gasteiger partial charge in [-0.15, -0.1) is 0 Å². The van der Waals surface area contributed by atoms with Gasteiger partial charge in [-0.1, -0.05) is 18.2 Å². The van der Waals surface area contributed by atoms with Crippen molar-refractivity contribution in [3.05, 3.63) is 53.8 Å². The summed E-state index contributed by atoms with van der Waals surface area (Å²) in [4.78, 5) is 16.0. The molecule has 106 valence electrons. The maximum absolute atomic E-state index is 9.28. The Morgan fingerprint density at radius 1 is 1.19 bits per heavy atom. The molecular formula is C13H10ClN5O2. The zero-order valence-electron chi connectivity index (χ0n) is 10.7. The smallest absolute Gasteiger partial charge is 0.328 e. The van der Waals surface area contributed by atoms with Crippen LogP contribution in [-0.4, -0.2) is 29.6 Å². The van der Waals surface area contributed by atoms with Gasteiger partial charge in [0.25, 0.3) is 0 Å².